The van der Waals surface area contributed by atoms with E-state index in [1.54, 1.807) is 6.08 Å². The van der Waals surface area contributed by atoms with Gasteiger partial charge in [-0.15, -0.1) is 0 Å². The van der Waals surface area contributed by atoms with E-state index in [2.05, 4.69) is 106 Å². The van der Waals surface area contributed by atoms with Gasteiger partial charge in [0.2, 0.25) is 0 Å². The van der Waals surface area contributed by atoms with Crippen molar-refractivity contribution in [1.82, 2.24) is 0 Å². The maximum atomic E-state index is 12.9. The predicted molar refractivity (Wildman–Crippen MR) is 330 cm³/mol. The van der Waals surface area contributed by atoms with Gasteiger partial charge in [0, 0.05) is 12.8 Å². The molecule has 0 fully saturated rings. The maximum absolute atomic E-state index is 12.9. The second-order valence-corrected chi connectivity index (χ2v) is 21.3. The van der Waals surface area contributed by atoms with E-state index in [0.29, 0.717) is 12.8 Å². The summed E-state index contributed by atoms with van der Waals surface area (Å²) in [7, 11) is 0. The molecule has 6 heteroatoms. The number of carbonyl (C=O) groups is 3. The van der Waals surface area contributed by atoms with Gasteiger partial charge in [0.05, 0.1) is 6.42 Å². The van der Waals surface area contributed by atoms with Crippen LogP contribution in [0.1, 0.15) is 310 Å². The van der Waals surface area contributed by atoms with Crippen molar-refractivity contribution in [1.29, 1.82) is 0 Å². The molecule has 76 heavy (non-hydrogen) atoms. The van der Waals surface area contributed by atoms with Crippen molar-refractivity contribution >= 4 is 17.9 Å². The normalized spacial score (nSPS) is 12.7. The molecule has 0 aliphatic heterocycles. The Hall–Kier alpha value is -3.67. The van der Waals surface area contributed by atoms with Crippen LogP contribution in [0.15, 0.2) is 97.2 Å². The molecule has 0 bridgehead atoms. The Balaban J connectivity index is 4.43. The van der Waals surface area contributed by atoms with Gasteiger partial charge in [0.15, 0.2) is 6.10 Å². The van der Waals surface area contributed by atoms with Crippen molar-refractivity contribution in [2.24, 2.45) is 0 Å². The molecule has 0 saturated heterocycles. The molecular formula is C70H120O6. The first-order valence-electron chi connectivity index (χ1n) is 32.2. The van der Waals surface area contributed by atoms with Crippen LogP contribution in [0, 0.1) is 0 Å². The molecule has 0 saturated carbocycles. The van der Waals surface area contributed by atoms with E-state index in [9.17, 15) is 14.4 Å². The van der Waals surface area contributed by atoms with E-state index in [4.69, 9.17) is 14.2 Å². The molecule has 6 nitrogen and oxygen atoms in total. The smallest absolute Gasteiger partial charge is 0.309 e. The van der Waals surface area contributed by atoms with Gasteiger partial charge >= 0.3 is 17.9 Å². The topological polar surface area (TPSA) is 78.9 Å². The van der Waals surface area contributed by atoms with Crippen molar-refractivity contribution in [2.75, 3.05) is 13.2 Å². The zero-order valence-electron chi connectivity index (χ0n) is 50.0. The van der Waals surface area contributed by atoms with Crippen LogP contribution in [-0.4, -0.2) is 37.2 Å². The summed E-state index contributed by atoms with van der Waals surface area (Å²) in [6, 6.07) is 0. The first-order valence-corrected chi connectivity index (χ1v) is 32.2. The summed E-state index contributed by atoms with van der Waals surface area (Å²) in [5, 5.41) is 0. The second kappa shape index (κ2) is 63.9. The largest absolute Gasteiger partial charge is 0.462 e. The third kappa shape index (κ3) is 61.2. The Morgan fingerprint density at radius 1 is 0.289 bits per heavy atom. The highest BCUT2D eigenvalue weighted by Crippen LogP contribution is 2.17. The van der Waals surface area contributed by atoms with Gasteiger partial charge in [0.25, 0.3) is 0 Å². The number of carbonyl (C=O) groups excluding carboxylic acids is 3. The Kier molecular flexibility index (Phi) is 60.8. The number of rotatable bonds is 58. The number of allylic oxidation sites excluding steroid dienone is 15. The van der Waals surface area contributed by atoms with Crippen molar-refractivity contribution < 1.29 is 28.6 Å². The molecule has 0 aliphatic carbocycles. The molecule has 1 unspecified atom stereocenters. The summed E-state index contributed by atoms with van der Waals surface area (Å²) in [6.07, 6.45) is 85.9. The van der Waals surface area contributed by atoms with Crippen molar-refractivity contribution in [2.45, 2.75) is 316 Å². The zero-order valence-corrected chi connectivity index (χ0v) is 50.0. The van der Waals surface area contributed by atoms with Crippen LogP contribution in [0.25, 0.3) is 0 Å². The number of hydrogen-bond acceptors (Lipinski definition) is 6. The number of ether oxygens (including phenoxy) is 3. The molecular weight excluding hydrogens is 937 g/mol. The molecule has 1 atom stereocenters. The van der Waals surface area contributed by atoms with Crippen LogP contribution in [0.3, 0.4) is 0 Å². The van der Waals surface area contributed by atoms with E-state index in [1.165, 1.54) is 173 Å². The van der Waals surface area contributed by atoms with Crippen LogP contribution < -0.4 is 0 Å². The summed E-state index contributed by atoms with van der Waals surface area (Å²) in [6.45, 7) is 6.45. The highest BCUT2D eigenvalue weighted by molar-refractivity contribution is 5.72. The average molecular weight is 1060 g/mol. The van der Waals surface area contributed by atoms with Gasteiger partial charge in [-0.1, -0.05) is 304 Å². The quantitative estimate of drug-likeness (QED) is 0.0261. The molecule has 0 N–H and O–H groups in total. The van der Waals surface area contributed by atoms with Crippen LogP contribution in [-0.2, 0) is 28.6 Å². The lowest BCUT2D eigenvalue weighted by Gasteiger charge is -2.18. The van der Waals surface area contributed by atoms with E-state index in [-0.39, 0.29) is 31.6 Å². The predicted octanol–water partition coefficient (Wildman–Crippen LogP) is 22.0. The SMILES string of the molecule is CC/C=C\C/C=C\C/C=C\C/C=C\C/C=C\CC(=O)OCC(COC(=O)CCCCCCCCCCCCCCCCCCCCCCCC)OC(=O)CCCCCCCC/C=C\C/C=C\C/C=C\CCCCCCC. The van der Waals surface area contributed by atoms with E-state index in [1.807, 2.05) is 6.08 Å². The summed E-state index contributed by atoms with van der Waals surface area (Å²) in [5.41, 5.74) is 0. The van der Waals surface area contributed by atoms with Gasteiger partial charge in [-0.3, -0.25) is 14.4 Å². The fourth-order valence-electron chi connectivity index (χ4n) is 9.05. The monoisotopic (exact) mass is 1060 g/mol. The molecule has 0 spiro atoms. The lowest BCUT2D eigenvalue weighted by Crippen LogP contribution is -2.30. The first kappa shape index (κ1) is 72.3. The van der Waals surface area contributed by atoms with Gasteiger partial charge in [-0.05, 0) is 83.5 Å². The minimum absolute atomic E-state index is 0.111. The highest BCUT2D eigenvalue weighted by atomic mass is 16.6. The average Bonchev–Trinajstić information content (AvgIpc) is 3.42. The third-order valence-corrected chi connectivity index (χ3v) is 13.9. The van der Waals surface area contributed by atoms with E-state index >= 15 is 0 Å². The molecule has 0 aromatic carbocycles. The van der Waals surface area contributed by atoms with Gasteiger partial charge in [0.1, 0.15) is 13.2 Å². The van der Waals surface area contributed by atoms with Crippen LogP contribution >= 0.6 is 0 Å². The van der Waals surface area contributed by atoms with Crippen LogP contribution in [0.4, 0.5) is 0 Å². The van der Waals surface area contributed by atoms with Gasteiger partial charge in [-0.2, -0.15) is 0 Å². The van der Waals surface area contributed by atoms with Crippen molar-refractivity contribution in [3.05, 3.63) is 97.2 Å². The summed E-state index contributed by atoms with van der Waals surface area (Å²) < 4.78 is 16.8. The lowest BCUT2D eigenvalue weighted by molar-refractivity contribution is -0.166. The minimum Gasteiger partial charge on any atom is -0.462 e. The van der Waals surface area contributed by atoms with Crippen molar-refractivity contribution in [3.8, 4) is 0 Å². The molecule has 436 valence electrons. The standard InChI is InChI=1S/C70H120O6/c1-4-7-10-13-16-19-22-25-28-30-32-34-36-37-39-42-45-48-51-54-57-60-63-69(72)75-66-67(65-74-68(71)62-59-56-53-50-47-44-41-27-24-21-18-15-12-9-6-3)76-70(73)64-61-58-55-52-49-46-43-40-38-35-33-31-29-26-23-20-17-14-11-8-5-2/h9,12,18,21,23,26-27,31,33,38,40-41,47,50,56,59,67H,4-8,10-11,13-17,19-20,22,24-25,28-30,32,34-37,39,42-46,48-49,51-55,57-58,60-66H2,1-3H3/b12-9-,21-18-,26-23-,33-31-,40-38-,41-27-,50-47-,59-56-. The third-order valence-electron chi connectivity index (χ3n) is 13.9. The summed E-state index contributed by atoms with van der Waals surface area (Å²) in [4.78, 5) is 38.3. The number of unbranched alkanes of at least 4 members (excludes halogenated alkanes) is 32. The fourth-order valence-corrected chi connectivity index (χ4v) is 9.05. The molecule has 0 aromatic heterocycles. The van der Waals surface area contributed by atoms with Crippen LogP contribution in [0.5, 0.6) is 0 Å². The molecule has 0 heterocycles. The first-order chi connectivity index (χ1) is 37.5. The second-order valence-electron chi connectivity index (χ2n) is 21.3. The molecule has 0 rings (SSSR count). The van der Waals surface area contributed by atoms with Gasteiger partial charge < -0.3 is 14.2 Å². The van der Waals surface area contributed by atoms with Crippen LogP contribution in [0.2, 0.25) is 0 Å². The molecule has 0 amide bonds. The number of esters is 3. The summed E-state index contributed by atoms with van der Waals surface area (Å²) >= 11 is 0. The highest BCUT2D eigenvalue weighted by Gasteiger charge is 2.19. The van der Waals surface area contributed by atoms with Crippen molar-refractivity contribution in [3.63, 3.8) is 0 Å². The van der Waals surface area contributed by atoms with E-state index in [0.717, 1.165) is 96.3 Å². The summed E-state index contributed by atoms with van der Waals surface area (Å²) in [5.74, 6) is -1.05. The molecule has 0 radical (unpaired) electrons. The Labute approximate surface area is 470 Å². The number of hydrogen-bond donors (Lipinski definition) is 0. The lowest BCUT2D eigenvalue weighted by atomic mass is 10.0. The molecule has 0 aliphatic rings. The Bertz CT molecular complexity index is 1490. The Morgan fingerprint density at radius 3 is 0.921 bits per heavy atom. The minimum atomic E-state index is -0.825. The zero-order chi connectivity index (χ0) is 55.0. The van der Waals surface area contributed by atoms with E-state index < -0.39 is 12.1 Å². The Morgan fingerprint density at radius 2 is 0.566 bits per heavy atom. The maximum Gasteiger partial charge on any atom is 0.309 e. The van der Waals surface area contributed by atoms with Gasteiger partial charge in [-0.25, -0.2) is 0 Å². The molecule has 0 aromatic rings. The fraction of sp³-hybridized carbons (Fsp3) is 0.729.